The van der Waals surface area contributed by atoms with E-state index in [4.69, 9.17) is 4.74 Å². The van der Waals surface area contributed by atoms with Crippen LogP contribution in [0.5, 0.6) is 5.75 Å². The highest BCUT2D eigenvalue weighted by Gasteiger charge is 2.19. The van der Waals surface area contributed by atoms with E-state index in [9.17, 15) is 14.5 Å². The Morgan fingerprint density at radius 1 is 1.67 bits per heavy atom. The van der Waals surface area contributed by atoms with Gasteiger partial charge in [-0.25, -0.2) is 0 Å². The van der Waals surface area contributed by atoms with Gasteiger partial charge in [0.15, 0.2) is 0 Å². The maximum absolute atomic E-state index is 12.4. The summed E-state index contributed by atoms with van der Waals surface area (Å²) in [6.45, 7) is 2.77. The highest BCUT2D eigenvalue weighted by molar-refractivity contribution is 5.47. The van der Waals surface area contributed by atoms with E-state index in [1.165, 1.54) is 25.3 Å². The first-order chi connectivity index (χ1) is 7.10. The molecule has 1 radical (unpaired) electrons. The highest BCUT2D eigenvalue weighted by Crippen LogP contribution is 2.30. The summed E-state index contributed by atoms with van der Waals surface area (Å²) < 4.78 is 17.3. The minimum absolute atomic E-state index is 0.131. The lowest BCUT2D eigenvalue weighted by Crippen LogP contribution is -2.02. The van der Waals surface area contributed by atoms with Crippen LogP contribution >= 0.6 is 0 Å². The zero-order valence-corrected chi connectivity index (χ0v) is 8.27. The number of hydrogen-bond acceptors (Lipinski definition) is 3. The quantitative estimate of drug-likeness (QED) is 0.569. The van der Waals surface area contributed by atoms with Gasteiger partial charge in [-0.1, -0.05) is 0 Å². The fourth-order valence-corrected chi connectivity index (χ4v) is 1.24. The Balaban J connectivity index is 3.22. The lowest BCUT2D eigenvalue weighted by Gasteiger charge is -2.09. The summed E-state index contributed by atoms with van der Waals surface area (Å²) in [6, 6.07) is 4.20. The molecule has 15 heavy (non-hydrogen) atoms. The Morgan fingerprint density at radius 3 is 2.80 bits per heavy atom. The molecule has 0 N–H and O–H groups in total. The number of ether oxygens (including phenoxy) is 1. The Hall–Kier alpha value is -1.65. The van der Waals surface area contributed by atoms with E-state index in [-0.39, 0.29) is 11.3 Å². The molecule has 0 heterocycles. The molecule has 1 unspecified atom stereocenters. The molecule has 1 rings (SSSR count). The Bertz CT molecular complexity index is 368. The van der Waals surface area contributed by atoms with Crippen molar-refractivity contribution in [1.82, 2.24) is 0 Å². The van der Waals surface area contributed by atoms with Crippen LogP contribution in [0.1, 0.15) is 11.5 Å². The Morgan fingerprint density at radius 2 is 2.33 bits per heavy atom. The van der Waals surface area contributed by atoms with Gasteiger partial charge in [-0.2, -0.15) is 0 Å². The maximum atomic E-state index is 12.4. The first-order valence-corrected chi connectivity index (χ1v) is 4.31. The predicted octanol–water partition coefficient (Wildman–Crippen LogP) is 2.49. The molecule has 1 atom stereocenters. The highest BCUT2D eigenvalue weighted by atomic mass is 19.1. The van der Waals surface area contributed by atoms with Crippen molar-refractivity contribution in [2.24, 2.45) is 0 Å². The van der Waals surface area contributed by atoms with Crippen molar-refractivity contribution in [3.8, 4) is 5.75 Å². The Kier molecular flexibility index (Phi) is 3.60. The van der Waals surface area contributed by atoms with Gasteiger partial charge in [0.25, 0.3) is 5.69 Å². The van der Waals surface area contributed by atoms with Gasteiger partial charge < -0.3 is 4.74 Å². The van der Waals surface area contributed by atoms with Gasteiger partial charge in [0.2, 0.25) is 0 Å². The zero-order valence-electron chi connectivity index (χ0n) is 8.27. The number of methoxy groups -OCH3 is 1. The monoisotopic (exact) mass is 212 g/mol. The average Bonchev–Trinajstić information content (AvgIpc) is 2.26. The third-order valence-corrected chi connectivity index (χ3v) is 2.06. The lowest BCUT2D eigenvalue weighted by molar-refractivity contribution is -0.385. The summed E-state index contributed by atoms with van der Waals surface area (Å²) in [6.07, 6.45) is 0. The van der Waals surface area contributed by atoms with Crippen LogP contribution < -0.4 is 4.74 Å². The summed E-state index contributed by atoms with van der Waals surface area (Å²) in [5, 5.41) is 10.7. The van der Waals surface area contributed by atoms with E-state index < -0.39 is 17.5 Å². The van der Waals surface area contributed by atoms with Crippen LogP contribution in [-0.2, 0) is 0 Å². The van der Waals surface area contributed by atoms with Crippen molar-refractivity contribution in [2.75, 3.05) is 13.8 Å². The number of alkyl halides is 1. The van der Waals surface area contributed by atoms with Crippen LogP contribution in [0.4, 0.5) is 10.1 Å². The maximum Gasteiger partial charge on any atom is 0.273 e. The number of halogens is 1. The van der Waals surface area contributed by atoms with Gasteiger partial charge in [-0.3, -0.25) is 14.5 Å². The van der Waals surface area contributed by atoms with Crippen molar-refractivity contribution >= 4 is 5.69 Å². The number of benzene rings is 1. The van der Waals surface area contributed by atoms with E-state index in [0.717, 1.165) is 0 Å². The smallest absolute Gasteiger partial charge is 0.273 e. The standard InChI is InChI=1S/C10H11FNO3/c1-7(6-11)9-5-8(15-2)3-4-10(9)12(13)14/h3-5,7H,1,6H2,2H3. The van der Waals surface area contributed by atoms with Crippen molar-refractivity contribution in [3.05, 3.63) is 40.8 Å². The summed E-state index contributed by atoms with van der Waals surface area (Å²) >= 11 is 0. The fraction of sp³-hybridized carbons (Fsp3) is 0.300. The summed E-state index contributed by atoms with van der Waals surface area (Å²) in [5.41, 5.74) is 0.121. The van der Waals surface area contributed by atoms with Crippen molar-refractivity contribution in [3.63, 3.8) is 0 Å². The normalized spacial score (nSPS) is 12.2. The second-order valence-corrected chi connectivity index (χ2v) is 3.03. The summed E-state index contributed by atoms with van der Waals surface area (Å²) in [7, 11) is 1.44. The van der Waals surface area contributed by atoms with Gasteiger partial charge in [0.05, 0.1) is 18.7 Å². The topological polar surface area (TPSA) is 52.4 Å². The second kappa shape index (κ2) is 4.72. The largest absolute Gasteiger partial charge is 0.497 e. The van der Waals surface area contributed by atoms with Gasteiger partial charge in [-0.05, 0) is 19.1 Å². The van der Waals surface area contributed by atoms with Crippen molar-refractivity contribution in [1.29, 1.82) is 0 Å². The lowest BCUT2D eigenvalue weighted by atomic mass is 10.0. The first-order valence-electron chi connectivity index (χ1n) is 4.31. The molecule has 0 aliphatic rings. The number of nitro groups is 1. The van der Waals surface area contributed by atoms with Crippen LogP contribution in [0.2, 0.25) is 0 Å². The van der Waals surface area contributed by atoms with E-state index in [1.807, 2.05) is 0 Å². The number of nitrogens with zero attached hydrogens (tertiary/aromatic N) is 1. The Labute approximate surface area is 86.8 Å². The minimum Gasteiger partial charge on any atom is -0.497 e. The van der Waals surface area contributed by atoms with Crippen LogP contribution in [0.25, 0.3) is 0 Å². The number of hydrogen-bond donors (Lipinski definition) is 0. The molecule has 0 amide bonds. The molecular formula is C10H11FNO3. The van der Waals surface area contributed by atoms with E-state index >= 15 is 0 Å². The molecule has 0 saturated carbocycles. The van der Waals surface area contributed by atoms with Crippen LogP contribution in [0.3, 0.4) is 0 Å². The third-order valence-electron chi connectivity index (χ3n) is 2.06. The van der Waals surface area contributed by atoms with Gasteiger partial charge in [-0.15, -0.1) is 0 Å². The molecule has 1 aromatic rings. The van der Waals surface area contributed by atoms with Gasteiger partial charge >= 0.3 is 0 Å². The summed E-state index contributed by atoms with van der Waals surface area (Å²) in [4.78, 5) is 10.1. The van der Waals surface area contributed by atoms with Gasteiger partial charge in [0.1, 0.15) is 5.75 Å². The van der Waals surface area contributed by atoms with E-state index in [2.05, 4.69) is 6.92 Å². The molecular weight excluding hydrogens is 201 g/mol. The predicted molar refractivity (Wildman–Crippen MR) is 53.7 cm³/mol. The molecule has 4 nitrogen and oxygen atoms in total. The third kappa shape index (κ3) is 2.43. The molecule has 0 spiro atoms. The summed E-state index contributed by atoms with van der Waals surface area (Å²) in [5.74, 6) is -0.293. The van der Waals surface area contributed by atoms with Gasteiger partial charge in [0, 0.05) is 17.5 Å². The molecule has 0 bridgehead atoms. The molecule has 0 saturated heterocycles. The number of rotatable bonds is 4. The molecule has 0 fully saturated rings. The number of nitro benzene ring substituents is 1. The van der Waals surface area contributed by atoms with Crippen LogP contribution in [0.15, 0.2) is 18.2 Å². The van der Waals surface area contributed by atoms with Crippen molar-refractivity contribution < 1.29 is 14.1 Å². The minimum atomic E-state index is -0.750. The van der Waals surface area contributed by atoms with E-state index in [0.29, 0.717) is 5.75 Å². The first kappa shape index (κ1) is 11.4. The zero-order chi connectivity index (χ0) is 11.4. The molecule has 5 heteroatoms. The molecule has 1 aromatic carbocycles. The average molecular weight is 212 g/mol. The molecule has 0 aliphatic carbocycles. The fourth-order valence-electron chi connectivity index (χ4n) is 1.24. The molecule has 81 valence electrons. The van der Waals surface area contributed by atoms with E-state index in [1.54, 1.807) is 0 Å². The molecule has 0 aliphatic heterocycles. The second-order valence-electron chi connectivity index (χ2n) is 3.03. The molecule has 0 aromatic heterocycles. The van der Waals surface area contributed by atoms with Crippen molar-refractivity contribution in [2.45, 2.75) is 5.92 Å². The SMILES string of the molecule is [CH2]C(CF)c1cc(OC)ccc1[N+](=O)[O-]. The van der Waals surface area contributed by atoms with Crippen LogP contribution in [-0.4, -0.2) is 18.7 Å². The van der Waals surface area contributed by atoms with Crippen LogP contribution in [0, 0.1) is 17.0 Å².